The Kier molecular flexibility index (Phi) is 2.88. The van der Waals surface area contributed by atoms with E-state index < -0.39 is 0 Å². The van der Waals surface area contributed by atoms with E-state index in [1.165, 1.54) is 27.7 Å². The first-order valence-electron chi connectivity index (χ1n) is 7.79. The van der Waals surface area contributed by atoms with Crippen molar-refractivity contribution in [2.75, 3.05) is 13.1 Å². The molecule has 21 heavy (non-hydrogen) atoms. The number of aromatic nitrogens is 1. The lowest BCUT2D eigenvalue weighted by molar-refractivity contribution is -0.132. The highest BCUT2D eigenvalue weighted by atomic mass is 16.2. The molecule has 0 spiro atoms. The summed E-state index contributed by atoms with van der Waals surface area (Å²) in [7, 11) is 0. The zero-order chi connectivity index (χ0) is 14.4. The average molecular weight is 280 g/mol. The van der Waals surface area contributed by atoms with Gasteiger partial charge < -0.3 is 9.88 Å². The third-order valence-corrected chi connectivity index (χ3v) is 4.66. The molecule has 1 aromatic heterocycles. The molecule has 1 amide bonds. The number of H-pyrrole nitrogens is 1. The molecule has 4 rings (SSSR count). The minimum atomic E-state index is 0.328. The Morgan fingerprint density at radius 1 is 1.29 bits per heavy atom. The number of hydrogen-bond acceptors (Lipinski definition) is 1. The Balaban J connectivity index is 1.64. The average Bonchev–Trinajstić information content (AvgIpc) is 3.29. The van der Waals surface area contributed by atoms with Gasteiger partial charge in [-0.15, -0.1) is 0 Å². The molecule has 2 aromatic rings. The summed E-state index contributed by atoms with van der Waals surface area (Å²) in [4.78, 5) is 17.6. The second-order valence-corrected chi connectivity index (χ2v) is 6.21. The molecule has 0 radical (unpaired) electrons. The van der Waals surface area contributed by atoms with Crippen molar-refractivity contribution in [3.8, 4) is 0 Å². The van der Waals surface area contributed by atoms with Crippen molar-refractivity contribution in [2.24, 2.45) is 5.92 Å². The Morgan fingerprint density at radius 3 is 2.81 bits per heavy atom. The lowest BCUT2D eigenvalue weighted by atomic mass is 9.96. The van der Waals surface area contributed by atoms with Crippen LogP contribution in [0.4, 0.5) is 0 Å². The van der Waals surface area contributed by atoms with Gasteiger partial charge in [0, 0.05) is 41.2 Å². The van der Waals surface area contributed by atoms with E-state index in [1.807, 2.05) is 4.90 Å². The van der Waals surface area contributed by atoms with Gasteiger partial charge in [-0.1, -0.05) is 24.3 Å². The summed E-state index contributed by atoms with van der Waals surface area (Å²) >= 11 is 0. The van der Waals surface area contributed by atoms with Crippen LogP contribution in [0.1, 0.15) is 30.5 Å². The third kappa shape index (κ3) is 2.17. The van der Waals surface area contributed by atoms with Crippen LogP contribution in [-0.4, -0.2) is 28.9 Å². The molecule has 2 heterocycles. The lowest BCUT2D eigenvalue weighted by Crippen LogP contribution is -2.35. The predicted molar refractivity (Wildman–Crippen MR) is 84.9 cm³/mol. The fraction of sp³-hybridized carbons (Fsp3) is 0.389. The second-order valence-electron chi connectivity index (χ2n) is 6.21. The van der Waals surface area contributed by atoms with E-state index in [0.29, 0.717) is 11.8 Å². The van der Waals surface area contributed by atoms with Crippen molar-refractivity contribution in [1.29, 1.82) is 0 Å². The standard InChI is InChI=1S/C18H20N2O/c1-12-17(15-4-2-3-5-16(15)19-12)13-8-10-20(11-9-13)18(21)14-6-7-14/h2-5,8,14,19H,6-7,9-11H2,1H3. The Bertz CT molecular complexity index is 737. The fourth-order valence-electron chi connectivity index (χ4n) is 3.38. The van der Waals surface area contributed by atoms with Crippen LogP contribution in [-0.2, 0) is 4.79 Å². The number of nitrogens with zero attached hydrogens (tertiary/aromatic N) is 1. The fourth-order valence-corrected chi connectivity index (χ4v) is 3.38. The monoisotopic (exact) mass is 280 g/mol. The maximum Gasteiger partial charge on any atom is 0.225 e. The number of amides is 1. The summed E-state index contributed by atoms with van der Waals surface area (Å²) in [6.07, 6.45) is 5.38. The number of fused-ring (bicyclic) bond motifs is 1. The third-order valence-electron chi connectivity index (χ3n) is 4.66. The van der Waals surface area contributed by atoms with Crippen LogP contribution in [0.15, 0.2) is 30.3 Å². The summed E-state index contributed by atoms with van der Waals surface area (Å²) in [6, 6.07) is 8.45. The van der Waals surface area contributed by atoms with Gasteiger partial charge in [-0.3, -0.25) is 4.79 Å². The summed E-state index contributed by atoms with van der Waals surface area (Å²) in [5.74, 6) is 0.690. The van der Waals surface area contributed by atoms with Crippen LogP contribution in [0, 0.1) is 12.8 Å². The largest absolute Gasteiger partial charge is 0.358 e. The molecule has 1 N–H and O–H groups in total. The molecule has 2 aliphatic rings. The molecule has 1 fully saturated rings. The normalized spacial score (nSPS) is 18.9. The van der Waals surface area contributed by atoms with Crippen LogP contribution < -0.4 is 0 Å². The number of nitrogens with one attached hydrogen (secondary N) is 1. The summed E-state index contributed by atoms with van der Waals surface area (Å²) in [6.45, 7) is 3.77. The van der Waals surface area contributed by atoms with Crippen molar-refractivity contribution < 1.29 is 4.79 Å². The lowest BCUT2D eigenvalue weighted by Gasteiger charge is -2.27. The minimum absolute atomic E-state index is 0.328. The Hall–Kier alpha value is -2.03. The molecular formula is C18H20N2O. The molecule has 1 aromatic carbocycles. The van der Waals surface area contributed by atoms with Gasteiger partial charge in [0.15, 0.2) is 0 Å². The number of rotatable bonds is 2. The molecule has 1 saturated carbocycles. The van der Waals surface area contributed by atoms with Crippen LogP contribution >= 0.6 is 0 Å². The van der Waals surface area contributed by atoms with Crippen LogP contribution in [0.5, 0.6) is 0 Å². The summed E-state index contributed by atoms with van der Waals surface area (Å²) in [5, 5.41) is 1.29. The number of benzene rings is 1. The zero-order valence-corrected chi connectivity index (χ0v) is 12.4. The van der Waals surface area contributed by atoms with Crippen molar-refractivity contribution in [1.82, 2.24) is 9.88 Å². The van der Waals surface area contributed by atoms with Gasteiger partial charge in [0.1, 0.15) is 0 Å². The highest BCUT2D eigenvalue weighted by molar-refractivity contribution is 5.94. The number of carbonyl (C=O) groups is 1. The quantitative estimate of drug-likeness (QED) is 0.898. The summed E-state index contributed by atoms with van der Waals surface area (Å²) < 4.78 is 0. The Labute approximate surface area is 124 Å². The maximum atomic E-state index is 12.1. The van der Waals surface area contributed by atoms with E-state index in [1.54, 1.807) is 0 Å². The van der Waals surface area contributed by atoms with Gasteiger partial charge in [0.25, 0.3) is 0 Å². The number of hydrogen-bond donors (Lipinski definition) is 1. The molecule has 1 aliphatic carbocycles. The van der Waals surface area contributed by atoms with Crippen LogP contribution in [0.25, 0.3) is 16.5 Å². The van der Waals surface area contributed by atoms with Crippen molar-refractivity contribution in [3.63, 3.8) is 0 Å². The first-order chi connectivity index (χ1) is 10.2. The van der Waals surface area contributed by atoms with Crippen molar-refractivity contribution >= 4 is 22.4 Å². The number of aromatic amines is 1. The minimum Gasteiger partial charge on any atom is -0.358 e. The predicted octanol–water partition coefficient (Wildman–Crippen LogP) is 3.50. The van der Waals surface area contributed by atoms with Gasteiger partial charge >= 0.3 is 0 Å². The van der Waals surface area contributed by atoms with Gasteiger partial charge in [-0.2, -0.15) is 0 Å². The van der Waals surface area contributed by atoms with E-state index in [4.69, 9.17) is 0 Å². The van der Waals surface area contributed by atoms with Crippen LogP contribution in [0.2, 0.25) is 0 Å². The topological polar surface area (TPSA) is 36.1 Å². The first kappa shape index (κ1) is 12.7. The van der Waals surface area contributed by atoms with Crippen molar-refractivity contribution in [2.45, 2.75) is 26.2 Å². The summed E-state index contributed by atoms with van der Waals surface area (Å²) in [5.41, 5.74) is 5.14. The van der Waals surface area contributed by atoms with Gasteiger partial charge in [0.05, 0.1) is 0 Å². The maximum absolute atomic E-state index is 12.1. The van der Waals surface area contributed by atoms with E-state index in [-0.39, 0.29) is 0 Å². The van der Waals surface area contributed by atoms with Crippen molar-refractivity contribution in [3.05, 3.63) is 41.6 Å². The SMILES string of the molecule is Cc1[nH]c2ccccc2c1C1=CCN(C(=O)C2CC2)CC1. The molecule has 108 valence electrons. The van der Waals surface area contributed by atoms with E-state index in [0.717, 1.165) is 32.4 Å². The number of carbonyl (C=O) groups excluding carboxylic acids is 1. The van der Waals surface area contributed by atoms with E-state index in [9.17, 15) is 4.79 Å². The molecule has 0 saturated heterocycles. The Morgan fingerprint density at radius 2 is 2.10 bits per heavy atom. The highest BCUT2D eigenvalue weighted by Gasteiger charge is 2.33. The first-order valence-corrected chi connectivity index (χ1v) is 7.79. The second kappa shape index (κ2) is 4.76. The molecule has 1 aliphatic heterocycles. The molecule has 3 nitrogen and oxygen atoms in total. The molecular weight excluding hydrogens is 260 g/mol. The molecule has 0 bridgehead atoms. The zero-order valence-electron chi connectivity index (χ0n) is 12.4. The molecule has 0 atom stereocenters. The van der Waals surface area contributed by atoms with Crippen LogP contribution in [0.3, 0.4) is 0 Å². The smallest absolute Gasteiger partial charge is 0.225 e. The number of aryl methyl sites for hydroxylation is 1. The highest BCUT2D eigenvalue weighted by Crippen LogP contribution is 2.35. The number of para-hydroxylation sites is 1. The van der Waals surface area contributed by atoms with Gasteiger partial charge in [-0.05, 0) is 37.8 Å². The van der Waals surface area contributed by atoms with E-state index >= 15 is 0 Å². The van der Waals surface area contributed by atoms with Gasteiger partial charge in [0.2, 0.25) is 5.91 Å². The molecule has 3 heteroatoms. The van der Waals surface area contributed by atoms with Gasteiger partial charge in [-0.25, -0.2) is 0 Å². The van der Waals surface area contributed by atoms with E-state index in [2.05, 4.69) is 42.2 Å². The molecule has 0 unspecified atom stereocenters.